The normalized spacial score (nSPS) is 15.9. The van der Waals surface area contributed by atoms with Gasteiger partial charge in [0.2, 0.25) is 0 Å². The van der Waals surface area contributed by atoms with Crippen molar-refractivity contribution in [3.63, 3.8) is 0 Å². The van der Waals surface area contributed by atoms with Crippen LogP contribution in [0.5, 0.6) is 5.75 Å². The molecule has 0 spiro atoms. The number of benzene rings is 4. The molecule has 0 aliphatic carbocycles. The Labute approximate surface area is 215 Å². The van der Waals surface area contributed by atoms with Crippen LogP contribution in [0.1, 0.15) is 48.6 Å². The molecule has 1 fully saturated rings. The number of nitrogens with one attached hydrogen (secondary N) is 1. The van der Waals surface area contributed by atoms with Crippen LogP contribution in [-0.4, -0.2) is 43.1 Å². The lowest BCUT2D eigenvalue weighted by Crippen LogP contribution is -2.37. The van der Waals surface area contributed by atoms with Crippen LogP contribution in [0, 0.1) is 0 Å². The smallest absolute Gasteiger partial charge is 0.255 e. The summed E-state index contributed by atoms with van der Waals surface area (Å²) in [6, 6.07) is 33.6. The van der Waals surface area contributed by atoms with Crippen molar-refractivity contribution in [2.45, 2.75) is 31.7 Å². The van der Waals surface area contributed by atoms with Crippen LogP contribution < -0.4 is 10.1 Å². The third-order valence-corrected chi connectivity index (χ3v) is 7.16. The second-order valence-electron chi connectivity index (χ2n) is 9.52. The van der Waals surface area contributed by atoms with Gasteiger partial charge in [-0.15, -0.1) is 0 Å². The van der Waals surface area contributed by atoms with E-state index in [9.17, 15) is 4.79 Å². The SMILES string of the molecule is CCOc1ccc2ccccc2c1C(=O)N[C@@H]1CCN(CCC(c2ccccc2)c2ccccc2)C1.[HH]. The summed E-state index contributed by atoms with van der Waals surface area (Å²) in [6.07, 6.45) is 2.01. The highest BCUT2D eigenvalue weighted by Crippen LogP contribution is 2.30. The van der Waals surface area contributed by atoms with E-state index in [2.05, 4.69) is 70.9 Å². The summed E-state index contributed by atoms with van der Waals surface area (Å²) in [5.74, 6) is 0.969. The number of carbonyl (C=O) groups is 1. The fourth-order valence-corrected chi connectivity index (χ4v) is 5.38. The van der Waals surface area contributed by atoms with Gasteiger partial charge in [0.1, 0.15) is 5.75 Å². The summed E-state index contributed by atoms with van der Waals surface area (Å²) in [7, 11) is 0. The van der Waals surface area contributed by atoms with Crippen molar-refractivity contribution in [1.29, 1.82) is 0 Å². The maximum atomic E-state index is 13.4. The second-order valence-corrected chi connectivity index (χ2v) is 9.52. The minimum absolute atomic E-state index is 0. The molecule has 0 aromatic heterocycles. The van der Waals surface area contributed by atoms with Gasteiger partial charge in [-0.25, -0.2) is 0 Å². The number of fused-ring (bicyclic) bond motifs is 1. The topological polar surface area (TPSA) is 41.6 Å². The summed E-state index contributed by atoms with van der Waals surface area (Å²) in [5, 5.41) is 5.29. The molecule has 1 heterocycles. The molecule has 0 saturated carbocycles. The van der Waals surface area contributed by atoms with Gasteiger partial charge in [-0.05, 0) is 54.3 Å². The quantitative estimate of drug-likeness (QED) is 0.297. The number of ether oxygens (including phenoxy) is 1. The van der Waals surface area contributed by atoms with Gasteiger partial charge in [-0.2, -0.15) is 0 Å². The summed E-state index contributed by atoms with van der Waals surface area (Å²) in [6.45, 7) is 5.34. The third-order valence-electron chi connectivity index (χ3n) is 7.16. The van der Waals surface area contributed by atoms with Gasteiger partial charge in [0.15, 0.2) is 0 Å². The molecule has 0 unspecified atom stereocenters. The molecule has 1 atom stereocenters. The number of likely N-dealkylation sites (tertiary alicyclic amines) is 1. The van der Waals surface area contributed by atoms with Crippen molar-refractivity contribution < 1.29 is 11.0 Å². The number of rotatable bonds is 9. The largest absolute Gasteiger partial charge is 0.493 e. The molecule has 0 bridgehead atoms. The molecule has 1 aliphatic rings. The average Bonchev–Trinajstić information content (AvgIpc) is 3.37. The van der Waals surface area contributed by atoms with Crippen molar-refractivity contribution in [2.24, 2.45) is 0 Å². The van der Waals surface area contributed by atoms with E-state index in [1.165, 1.54) is 11.1 Å². The van der Waals surface area contributed by atoms with Crippen LogP contribution in [0.4, 0.5) is 0 Å². The Kier molecular flexibility index (Phi) is 7.63. The van der Waals surface area contributed by atoms with Crippen LogP contribution in [0.3, 0.4) is 0 Å². The molecule has 0 radical (unpaired) electrons. The van der Waals surface area contributed by atoms with Crippen LogP contribution in [0.25, 0.3) is 10.8 Å². The Morgan fingerprint density at radius 3 is 2.31 bits per heavy atom. The molecule has 1 amide bonds. The summed E-state index contributed by atoms with van der Waals surface area (Å²) >= 11 is 0. The molecular weight excluding hydrogens is 444 g/mol. The zero-order chi connectivity index (χ0) is 24.7. The van der Waals surface area contributed by atoms with Gasteiger partial charge >= 0.3 is 0 Å². The van der Waals surface area contributed by atoms with Gasteiger partial charge in [0.25, 0.3) is 5.91 Å². The zero-order valence-electron chi connectivity index (χ0n) is 20.9. The van der Waals surface area contributed by atoms with E-state index < -0.39 is 0 Å². The van der Waals surface area contributed by atoms with E-state index in [4.69, 9.17) is 4.74 Å². The third kappa shape index (κ3) is 5.44. The van der Waals surface area contributed by atoms with E-state index in [1.54, 1.807) is 0 Å². The number of hydrogen-bond acceptors (Lipinski definition) is 3. The van der Waals surface area contributed by atoms with Crippen LogP contribution in [-0.2, 0) is 0 Å². The first-order valence-corrected chi connectivity index (χ1v) is 13.0. The number of nitrogens with zero attached hydrogens (tertiary/aromatic N) is 1. The lowest BCUT2D eigenvalue weighted by atomic mass is 9.88. The van der Waals surface area contributed by atoms with E-state index in [0.717, 1.165) is 43.2 Å². The molecule has 4 nitrogen and oxygen atoms in total. The van der Waals surface area contributed by atoms with Gasteiger partial charge < -0.3 is 15.0 Å². The predicted molar refractivity (Wildman–Crippen MR) is 149 cm³/mol. The first-order valence-electron chi connectivity index (χ1n) is 13.0. The fraction of sp³-hybridized carbons (Fsp3) is 0.281. The van der Waals surface area contributed by atoms with Crippen LogP contribution in [0.2, 0.25) is 0 Å². The zero-order valence-corrected chi connectivity index (χ0v) is 20.9. The molecule has 1 aliphatic heterocycles. The van der Waals surface area contributed by atoms with Crippen molar-refractivity contribution in [3.05, 3.63) is 114 Å². The highest BCUT2D eigenvalue weighted by Gasteiger charge is 2.27. The Hall–Kier alpha value is -3.63. The monoisotopic (exact) mass is 480 g/mol. The second kappa shape index (κ2) is 11.4. The van der Waals surface area contributed by atoms with Crippen molar-refractivity contribution >= 4 is 16.7 Å². The Morgan fingerprint density at radius 1 is 0.944 bits per heavy atom. The van der Waals surface area contributed by atoms with E-state index in [0.29, 0.717) is 23.8 Å². The molecule has 1 N–H and O–H groups in total. The van der Waals surface area contributed by atoms with E-state index >= 15 is 0 Å². The van der Waals surface area contributed by atoms with Crippen LogP contribution >= 0.6 is 0 Å². The van der Waals surface area contributed by atoms with E-state index in [1.807, 2.05) is 43.3 Å². The standard InChI is InChI=1S/C32H34N2O2.H2/c1-2-36-30-18-17-26-15-9-10-16-29(26)31(30)32(35)33-27-19-21-34(23-27)22-20-28(24-11-5-3-6-12-24)25-13-7-4-8-14-25;/h3-18,27-28H,2,19-23H2,1H3,(H,33,35);1H/t27-;/m1./s1. The molecule has 4 aromatic rings. The maximum Gasteiger partial charge on any atom is 0.255 e. The molecule has 36 heavy (non-hydrogen) atoms. The van der Waals surface area contributed by atoms with Crippen molar-refractivity contribution in [1.82, 2.24) is 10.2 Å². The highest BCUT2D eigenvalue weighted by atomic mass is 16.5. The van der Waals surface area contributed by atoms with Gasteiger partial charge in [0.05, 0.1) is 12.2 Å². The molecule has 1 saturated heterocycles. The predicted octanol–water partition coefficient (Wildman–Crippen LogP) is 6.51. The molecule has 186 valence electrons. The minimum atomic E-state index is -0.0476. The Balaban J connectivity index is 0.00000320. The van der Waals surface area contributed by atoms with Crippen molar-refractivity contribution in [2.75, 3.05) is 26.2 Å². The van der Waals surface area contributed by atoms with Gasteiger partial charge in [0, 0.05) is 26.5 Å². The summed E-state index contributed by atoms with van der Waals surface area (Å²) < 4.78 is 5.83. The van der Waals surface area contributed by atoms with Gasteiger partial charge in [-0.1, -0.05) is 91.0 Å². The maximum absolute atomic E-state index is 13.4. The minimum Gasteiger partial charge on any atom is -0.493 e. The van der Waals surface area contributed by atoms with Crippen LogP contribution in [0.15, 0.2) is 97.1 Å². The molecule has 5 rings (SSSR count). The molecule has 4 heteroatoms. The van der Waals surface area contributed by atoms with Gasteiger partial charge in [-0.3, -0.25) is 4.79 Å². The van der Waals surface area contributed by atoms with E-state index in [-0.39, 0.29) is 13.4 Å². The Bertz CT molecular complexity index is 1260. The average molecular weight is 481 g/mol. The molecular formula is C32H36N2O2. The number of hydrogen-bond donors (Lipinski definition) is 1. The first-order chi connectivity index (χ1) is 17.7. The number of carbonyl (C=O) groups excluding carboxylic acids is 1. The van der Waals surface area contributed by atoms with Crippen molar-refractivity contribution in [3.8, 4) is 5.75 Å². The lowest BCUT2D eigenvalue weighted by Gasteiger charge is -2.23. The first kappa shape index (κ1) is 24.1. The fourth-order valence-electron chi connectivity index (χ4n) is 5.38. The molecule has 4 aromatic carbocycles. The summed E-state index contributed by atoms with van der Waals surface area (Å²) in [5.41, 5.74) is 3.35. The highest BCUT2D eigenvalue weighted by molar-refractivity contribution is 6.09. The summed E-state index contributed by atoms with van der Waals surface area (Å²) in [4.78, 5) is 15.9. The Morgan fingerprint density at radius 2 is 1.61 bits per heavy atom. The number of amides is 1. The lowest BCUT2D eigenvalue weighted by molar-refractivity contribution is 0.0935.